The number of carbonyl (C=O) groups excluding carboxylic acids is 2. The van der Waals surface area contributed by atoms with E-state index in [-0.39, 0.29) is 38.6 Å². The fourth-order valence-electron chi connectivity index (χ4n) is 4.87. The van der Waals surface area contributed by atoms with E-state index in [2.05, 4.69) is 5.32 Å². The minimum absolute atomic E-state index is 0.0105. The summed E-state index contributed by atoms with van der Waals surface area (Å²) in [5.74, 6) is -1.10. The molecule has 0 aliphatic rings. The molecule has 12 heteroatoms. The highest BCUT2D eigenvalue weighted by Crippen LogP contribution is 2.34. The van der Waals surface area contributed by atoms with Crippen LogP contribution in [0.15, 0.2) is 95.9 Å². The van der Waals surface area contributed by atoms with Gasteiger partial charge >= 0.3 is 0 Å². The van der Waals surface area contributed by atoms with Crippen LogP contribution in [-0.2, 0) is 32.6 Å². The van der Waals surface area contributed by atoms with Gasteiger partial charge in [-0.25, -0.2) is 8.42 Å². The zero-order valence-corrected chi connectivity index (χ0v) is 30.1. The van der Waals surface area contributed by atoms with E-state index >= 15 is 0 Å². The number of benzene rings is 4. The fraction of sp³-hybridized carbons (Fsp3) is 0.257. The van der Waals surface area contributed by atoms with Gasteiger partial charge in [0.05, 0.1) is 15.6 Å². The first-order valence-electron chi connectivity index (χ1n) is 14.7. The predicted octanol–water partition coefficient (Wildman–Crippen LogP) is 8.36. The average molecular weight is 736 g/mol. The van der Waals surface area contributed by atoms with Crippen molar-refractivity contribution in [2.24, 2.45) is 0 Å². The van der Waals surface area contributed by atoms with Crippen LogP contribution < -0.4 is 9.62 Å². The smallest absolute Gasteiger partial charge is 0.264 e. The van der Waals surface area contributed by atoms with Crippen LogP contribution in [0.3, 0.4) is 0 Å². The molecule has 1 unspecified atom stereocenters. The molecule has 0 spiro atoms. The highest BCUT2D eigenvalue weighted by atomic mass is 35.5. The Kier molecular flexibility index (Phi) is 11.9. The lowest BCUT2D eigenvalue weighted by molar-refractivity contribution is -0.140. The molecule has 7 nitrogen and oxygen atoms in total. The lowest BCUT2D eigenvalue weighted by atomic mass is 10.0. The number of rotatable bonds is 11. The van der Waals surface area contributed by atoms with Crippen molar-refractivity contribution in [1.29, 1.82) is 0 Å². The third kappa shape index (κ3) is 9.64. The summed E-state index contributed by atoms with van der Waals surface area (Å²) < 4.78 is 29.4. The average Bonchev–Trinajstić information content (AvgIpc) is 2.99. The quantitative estimate of drug-likeness (QED) is 0.168. The van der Waals surface area contributed by atoms with Gasteiger partial charge in [0.2, 0.25) is 11.8 Å². The highest BCUT2D eigenvalue weighted by Gasteiger charge is 2.36. The van der Waals surface area contributed by atoms with E-state index in [4.69, 9.17) is 46.4 Å². The molecule has 4 rings (SSSR count). The van der Waals surface area contributed by atoms with Crippen molar-refractivity contribution in [3.63, 3.8) is 0 Å². The van der Waals surface area contributed by atoms with E-state index in [0.717, 1.165) is 15.4 Å². The summed E-state index contributed by atoms with van der Waals surface area (Å²) in [7, 11) is -4.36. The molecular weight excluding hydrogens is 700 g/mol. The second-order valence-electron chi connectivity index (χ2n) is 12.1. The number of anilines is 1. The van der Waals surface area contributed by atoms with Gasteiger partial charge in [0.1, 0.15) is 12.6 Å². The largest absolute Gasteiger partial charge is 0.350 e. The minimum Gasteiger partial charge on any atom is -0.350 e. The predicted molar refractivity (Wildman–Crippen MR) is 191 cm³/mol. The number of halogens is 4. The number of aryl methyl sites for hydroxylation is 1. The first-order valence-corrected chi connectivity index (χ1v) is 17.6. The zero-order valence-electron chi connectivity index (χ0n) is 26.3. The first kappa shape index (κ1) is 36.6. The number of amides is 2. The Balaban J connectivity index is 1.87. The fourth-order valence-corrected chi connectivity index (χ4v) is 7.20. The standard InChI is InChI=1S/C35H35Cl4N3O4S/c1-23-10-15-28(16-11-23)47(45,46)42(31-20-27(37)14-17-29(31)38)22-33(43)41(21-25-12-13-26(36)19-30(25)39)32(34(44)40-35(2,3)4)18-24-8-6-5-7-9-24/h5-17,19-20,32H,18,21-22H2,1-4H3,(H,40,44). The van der Waals surface area contributed by atoms with Crippen molar-refractivity contribution < 1.29 is 18.0 Å². The molecule has 0 heterocycles. The van der Waals surface area contributed by atoms with Crippen LogP contribution in [0.25, 0.3) is 0 Å². The summed E-state index contributed by atoms with van der Waals surface area (Å²) in [6, 6.07) is 23.6. The lowest BCUT2D eigenvalue weighted by Gasteiger charge is -2.35. The number of hydrogen-bond acceptors (Lipinski definition) is 4. The molecule has 0 aromatic heterocycles. The number of nitrogens with zero attached hydrogens (tertiary/aromatic N) is 2. The molecule has 0 saturated heterocycles. The van der Waals surface area contributed by atoms with E-state index in [0.29, 0.717) is 10.6 Å². The Hall–Kier alpha value is -3.27. The summed E-state index contributed by atoms with van der Waals surface area (Å²) in [6.07, 6.45) is 0.141. The number of sulfonamides is 1. The van der Waals surface area contributed by atoms with Gasteiger partial charge in [0.15, 0.2) is 0 Å². The van der Waals surface area contributed by atoms with E-state index in [1.165, 1.54) is 35.2 Å². The maximum absolute atomic E-state index is 14.6. The van der Waals surface area contributed by atoms with Gasteiger partial charge in [0.25, 0.3) is 10.0 Å². The second kappa shape index (κ2) is 15.3. The SMILES string of the molecule is Cc1ccc(S(=O)(=O)N(CC(=O)N(Cc2ccc(Cl)cc2Cl)C(Cc2ccccc2)C(=O)NC(C)(C)C)c2cc(Cl)ccc2Cl)cc1. The van der Waals surface area contributed by atoms with Crippen molar-refractivity contribution in [1.82, 2.24) is 10.2 Å². The summed E-state index contributed by atoms with van der Waals surface area (Å²) >= 11 is 25.6. The normalized spacial score (nSPS) is 12.3. The van der Waals surface area contributed by atoms with Crippen LogP contribution in [-0.4, -0.2) is 43.3 Å². The Morgan fingerprint density at radius 2 is 1.43 bits per heavy atom. The Bertz CT molecular complexity index is 1850. The maximum Gasteiger partial charge on any atom is 0.264 e. The Morgan fingerprint density at radius 1 is 0.809 bits per heavy atom. The van der Waals surface area contributed by atoms with Crippen LogP contribution in [0.2, 0.25) is 20.1 Å². The van der Waals surface area contributed by atoms with Gasteiger partial charge in [-0.1, -0.05) is 100 Å². The molecule has 47 heavy (non-hydrogen) atoms. The summed E-state index contributed by atoms with van der Waals surface area (Å²) in [5, 5.41) is 3.96. The van der Waals surface area contributed by atoms with Gasteiger partial charge in [-0.05, 0) is 81.3 Å². The molecule has 0 aliphatic carbocycles. The minimum atomic E-state index is -4.36. The maximum atomic E-state index is 14.6. The van der Waals surface area contributed by atoms with Crippen LogP contribution >= 0.6 is 46.4 Å². The molecule has 0 bridgehead atoms. The molecule has 4 aromatic rings. The topological polar surface area (TPSA) is 86.8 Å². The monoisotopic (exact) mass is 733 g/mol. The van der Waals surface area contributed by atoms with E-state index in [1.54, 1.807) is 30.3 Å². The molecule has 0 fully saturated rings. The molecule has 1 N–H and O–H groups in total. The van der Waals surface area contributed by atoms with E-state index in [1.807, 2.05) is 58.0 Å². The lowest BCUT2D eigenvalue weighted by Crippen LogP contribution is -2.56. The van der Waals surface area contributed by atoms with Crippen molar-refractivity contribution >= 4 is 73.9 Å². The Morgan fingerprint density at radius 3 is 2.04 bits per heavy atom. The molecule has 0 aliphatic heterocycles. The third-order valence-electron chi connectivity index (χ3n) is 7.19. The molecule has 248 valence electrons. The Labute approximate surface area is 296 Å². The second-order valence-corrected chi connectivity index (χ2v) is 15.7. The molecular formula is C35H35Cl4N3O4S. The van der Waals surface area contributed by atoms with Gasteiger partial charge < -0.3 is 10.2 Å². The van der Waals surface area contributed by atoms with Crippen molar-refractivity contribution in [3.05, 3.63) is 128 Å². The number of hydrogen-bond donors (Lipinski definition) is 1. The van der Waals surface area contributed by atoms with Gasteiger partial charge in [-0.2, -0.15) is 0 Å². The summed E-state index contributed by atoms with van der Waals surface area (Å²) in [6.45, 7) is 6.53. The summed E-state index contributed by atoms with van der Waals surface area (Å²) in [5.41, 5.74) is 1.54. The van der Waals surface area contributed by atoms with Crippen molar-refractivity contribution in [2.75, 3.05) is 10.8 Å². The van der Waals surface area contributed by atoms with Gasteiger partial charge in [-0.15, -0.1) is 0 Å². The molecule has 0 saturated carbocycles. The van der Waals surface area contributed by atoms with E-state index in [9.17, 15) is 18.0 Å². The zero-order chi connectivity index (χ0) is 34.5. The number of nitrogens with one attached hydrogen (secondary N) is 1. The van der Waals surface area contributed by atoms with Gasteiger partial charge in [0, 0.05) is 33.6 Å². The van der Waals surface area contributed by atoms with Crippen LogP contribution in [0, 0.1) is 6.92 Å². The van der Waals surface area contributed by atoms with E-state index < -0.39 is 40.0 Å². The van der Waals surface area contributed by atoms with Crippen LogP contribution in [0.1, 0.15) is 37.5 Å². The first-order chi connectivity index (χ1) is 22.0. The van der Waals surface area contributed by atoms with Crippen molar-refractivity contribution in [3.8, 4) is 0 Å². The van der Waals surface area contributed by atoms with Gasteiger partial charge in [-0.3, -0.25) is 13.9 Å². The summed E-state index contributed by atoms with van der Waals surface area (Å²) in [4.78, 5) is 29.9. The van der Waals surface area contributed by atoms with Crippen LogP contribution in [0.4, 0.5) is 5.69 Å². The van der Waals surface area contributed by atoms with Crippen LogP contribution in [0.5, 0.6) is 0 Å². The molecule has 4 aromatic carbocycles. The molecule has 2 amide bonds. The third-order valence-corrected chi connectivity index (χ3v) is 10.1. The highest BCUT2D eigenvalue weighted by molar-refractivity contribution is 7.92. The molecule has 0 radical (unpaired) electrons. The van der Waals surface area contributed by atoms with Crippen molar-refractivity contribution in [2.45, 2.75) is 57.1 Å². The molecule has 1 atom stereocenters. The number of carbonyl (C=O) groups is 2.